The van der Waals surface area contributed by atoms with Crippen molar-refractivity contribution < 1.29 is 27.4 Å². The van der Waals surface area contributed by atoms with Crippen molar-refractivity contribution in [3.8, 4) is 23.1 Å². The van der Waals surface area contributed by atoms with Gasteiger partial charge < -0.3 is 19.5 Å². The van der Waals surface area contributed by atoms with E-state index in [0.29, 0.717) is 18.0 Å². The molecular weight excluding hydrogens is 556 g/mol. The zero-order valence-electron chi connectivity index (χ0n) is 24.0. The molecule has 0 saturated heterocycles. The number of sulfonamides is 1. The highest BCUT2D eigenvalue weighted by Crippen LogP contribution is 2.37. The topological polar surface area (TPSA) is 129 Å². The summed E-state index contributed by atoms with van der Waals surface area (Å²) in [5, 5.41) is 2.84. The summed E-state index contributed by atoms with van der Waals surface area (Å²) in [5.74, 6) is 0.418. The van der Waals surface area contributed by atoms with Crippen molar-refractivity contribution >= 4 is 21.7 Å². The molecule has 0 aliphatic heterocycles. The van der Waals surface area contributed by atoms with Gasteiger partial charge in [-0.1, -0.05) is 69.3 Å². The lowest BCUT2D eigenvalue weighted by Gasteiger charge is -2.19. The van der Waals surface area contributed by atoms with E-state index in [-0.39, 0.29) is 46.7 Å². The number of amides is 1. The average molecular weight is 591 g/mol. The normalized spacial score (nSPS) is 11.4. The summed E-state index contributed by atoms with van der Waals surface area (Å²) in [6, 6.07) is 22.9. The number of rotatable bonds is 12. The number of carbonyl (C=O) groups is 1. The molecule has 10 nitrogen and oxygen atoms in total. The molecule has 42 heavy (non-hydrogen) atoms. The molecular formula is C31H34N4O6S. The van der Waals surface area contributed by atoms with Gasteiger partial charge in [-0.3, -0.25) is 9.52 Å². The van der Waals surface area contributed by atoms with E-state index < -0.39 is 10.0 Å². The number of anilines is 1. The highest BCUT2D eigenvalue weighted by Gasteiger charge is 2.23. The number of carbonyl (C=O) groups excluding carboxylic acids is 1. The number of nitrogens with one attached hydrogen (secondary N) is 2. The fourth-order valence-corrected chi connectivity index (χ4v) is 4.87. The van der Waals surface area contributed by atoms with Gasteiger partial charge in [-0.25, -0.2) is 13.4 Å². The minimum Gasteiger partial charge on any atom is -0.497 e. The first-order valence-corrected chi connectivity index (χ1v) is 14.8. The molecule has 0 atom stereocenters. The first-order valence-electron chi connectivity index (χ1n) is 13.3. The van der Waals surface area contributed by atoms with Crippen LogP contribution < -0.4 is 24.2 Å². The Balaban J connectivity index is 1.54. The van der Waals surface area contributed by atoms with E-state index in [2.05, 4.69) is 20.0 Å². The number of hydrogen-bond donors (Lipinski definition) is 2. The lowest BCUT2D eigenvalue weighted by Crippen LogP contribution is -2.24. The summed E-state index contributed by atoms with van der Waals surface area (Å²) in [7, 11) is -2.53. The average Bonchev–Trinajstić information content (AvgIpc) is 2.97. The summed E-state index contributed by atoms with van der Waals surface area (Å²) in [6.45, 7) is 6.50. The van der Waals surface area contributed by atoms with Crippen molar-refractivity contribution in [2.45, 2.75) is 44.0 Å². The fourth-order valence-electron chi connectivity index (χ4n) is 3.85. The molecule has 0 unspecified atom stereocenters. The van der Waals surface area contributed by atoms with Gasteiger partial charge in [-0.05, 0) is 40.8 Å². The summed E-state index contributed by atoms with van der Waals surface area (Å²) in [4.78, 5) is 20.7. The first-order chi connectivity index (χ1) is 20.0. The van der Waals surface area contributed by atoms with Gasteiger partial charge >= 0.3 is 0 Å². The molecule has 220 valence electrons. The number of hydrogen-bond acceptors (Lipinski definition) is 8. The van der Waals surface area contributed by atoms with E-state index in [9.17, 15) is 13.2 Å². The zero-order valence-corrected chi connectivity index (χ0v) is 24.8. The quantitative estimate of drug-likeness (QED) is 0.223. The molecule has 11 heteroatoms. The van der Waals surface area contributed by atoms with Gasteiger partial charge in [0.2, 0.25) is 11.7 Å². The van der Waals surface area contributed by atoms with Crippen LogP contribution in [0, 0.1) is 0 Å². The van der Waals surface area contributed by atoms with Crippen molar-refractivity contribution in [1.29, 1.82) is 0 Å². The maximum Gasteiger partial charge on any atom is 0.263 e. The van der Waals surface area contributed by atoms with E-state index in [1.807, 2.05) is 51.1 Å². The lowest BCUT2D eigenvalue weighted by molar-refractivity contribution is -0.121. The molecule has 4 rings (SSSR count). The Morgan fingerprint density at radius 1 is 0.905 bits per heavy atom. The maximum atomic E-state index is 13.3. The molecule has 1 amide bonds. The van der Waals surface area contributed by atoms with Crippen molar-refractivity contribution in [3.05, 3.63) is 96.3 Å². The molecule has 0 radical (unpaired) electrons. The van der Waals surface area contributed by atoms with Crippen molar-refractivity contribution in [2.24, 2.45) is 0 Å². The lowest BCUT2D eigenvalue weighted by atomic mass is 9.87. The van der Waals surface area contributed by atoms with Crippen LogP contribution in [0.25, 0.3) is 0 Å². The highest BCUT2D eigenvalue weighted by molar-refractivity contribution is 7.92. The second-order valence-corrected chi connectivity index (χ2v) is 12.1. The molecule has 0 saturated carbocycles. The Bertz CT molecular complexity index is 1600. The van der Waals surface area contributed by atoms with Crippen molar-refractivity contribution in [1.82, 2.24) is 15.3 Å². The molecule has 4 aromatic rings. The molecule has 0 spiro atoms. The number of nitrogens with zero attached hydrogens (tertiary/aromatic N) is 2. The van der Waals surface area contributed by atoms with Gasteiger partial charge in [0.05, 0.1) is 25.0 Å². The summed E-state index contributed by atoms with van der Waals surface area (Å²) in [6.07, 6.45) is 1.19. The maximum absolute atomic E-state index is 13.3. The van der Waals surface area contributed by atoms with Crippen LogP contribution in [-0.2, 0) is 26.8 Å². The molecule has 0 aliphatic rings. The molecule has 3 aromatic carbocycles. The van der Waals surface area contributed by atoms with Crippen molar-refractivity contribution in [3.63, 3.8) is 0 Å². The third kappa shape index (κ3) is 8.20. The number of ether oxygens (including phenoxy) is 3. The van der Waals surface area contributed by atoms with Crippen LogP contribution in [0.2, 0.25) is 0 Å². The van der Waals surface area contributed by atoms with Crippen LogP contribution in [-0.4, -0.2) is 38.0 Å². The summed E-state index contributed by atoms with van der Waals surface area (Å²) < 4.78 is 46.3. The minimum atomic E-state index is -4.05. The standard InChI is InChI=1S/C31H34N4O6S/c1-31(2,3)23-13-15-26(16-14-23)42(37,38)35-29-28(41-25-12-8-11-24(19-25)39-4)30(34-21-33-29)40-18-17-27(36)32-20-22-9-6-5-7-10-22/h5-16,19,21H,17-18,20H2,1-4H3,(H,32,36)(H,33,34,35). The smallest absolute Gasteiger partial charge is 0.263 e. The Morgan fingerprint density at radius 3 is 2.31 bits per heavy atom. The monoisotopic (exact) mass is 590 g/mol. The van der Waals surface area contributed by atoms with Crippen molar-refractivity contribution in [2.75, 3.05) is 18.4 Å². The van der Waals surface area contributed by atoms with Gasteiger partial charge in [0, 0.05) is 12.6 Å². The molecule has 0 bridgehead atoms. The third-order valence-corrected chi connectivity index (χ3v) is 7.55. The largest absolute Gasteiger partial charge is 0.497 e. The minimum absolute atomic E-state index is 0.0352. The van der Waals surface area contributed by atoms with Crippen LogP contribution in [0.15, 0.2) is 90.1 Å². The van der Waals surface area contributed by atoms with E-state index in [1.165, 1.54) is 19.2 Å². The Labute approximate surface area is 246 Å². The van der Waals surface area contributed by atoms with E-state index >= 15 is 0 Å². The molecule has 1 aromatic heterocycles. The van der Waals surface area contributed by atoms with Crippen LogP contribution in [0.1, 0.15) is 38.3 Å². The van der Waals surface area contributed by atoms with Gasteiger partial charge in [-0.2, -0.15) is 4.98 Å². The zero-order chi connectivity index (χ0) is 30.2. The second kappa shape index (κ2) is 13.3. The van der Waals surface area contributed by atoms with E-state index in [1.54, 1.807) is 36.4 Å². The SMILES string of the molecule is COc1cccc(Oc2c(NS(=O)(=O)c3ccc(C(C)(C)C)cc3)ncnc2OCCC(=O)NCc2ccccc2)c1. The van der Waals surface area contributed by atoms with Gasteiger partial charge in [0.25, 0.3) is 15.9 Å². The van der Waals surface area contributed by atoms with E-state index in [0.717, 1.165) is 17.5 Å². The Kier molecular flexibility index (Phi) is 9.64. The molecule has 0 aliphatic carbocycles. The molecule has 2 N–H and O–H groups in total. The van der Waals surface area contributed by atoms with Gasteiger partial charge in [0.1, 0.15) is 17.8 Å². The van der Waals surface area contributed by atoms with Gasteiger partial charge in [-0.15, -0.1) is 0 Å². The highest BCUT2D eigenvalue weighted by atomic mass is 32.2. The fraction of sp³-hybridized carbons (Fsp3) is 0.258. The Hall–Kier alpha value is -4.64. The van der Waals surface area contributed by atoms with Crippen LogP contribution in [0.3, 0.4) is 0 Å². The van der Waals surface area contributed by atoms with Gasteiger partial charge in [0.15, 0.2) is 5.82 Å². The number of benzene rings is 3. The summed E-state index contributed by atoms with van der Waals surface area (Å²) in [5.41, 5.74) is 1.83. The molecule has 1 heterocycles. The predicted octanol–water partition coefficient (Wildman–Crippen LogP) is 5.46. The second-order valence-electron chi connectivity index (χ2n) is 10.4. The summed E-state index contributed by atoms with van der Waals surface area (Å²) >= 11 is 0. The van der Waals surface area contributed by atoms with E-state index in [4.69, 9.17) is 14.2 Å². The van der Waals surface area contributed by atoms with Crippen LogP contribution in [0.5, 0.6) is 23.1 Å². The first kappa shape index (κ1) is 30.3. The number of aromatic nitrogens is 2. The molecule has 0 fully saturated rings. The van der Waals surface area contributed by atoms with Crippen LogP contribution in [0.4, 0.5) is 5.82 Å². The third-order valence-electron chi connectivity index (χ3n) is 6.19. The Morgan fingerprint density at radius 2 is 1.62 bits per heavy atom. The number of methoxy groups -OCH3 is 1. The predicted molar refractivity (Wildman–Crippen MR) is 159 cm³/mol. The van der Waals surface area contributed by atoms with Crippen LogP contribution >= 0.6 is 0 Å².